The normalized spacial score (nSPS) is 10.4. The lowest BCUT2D eigenvalue weighted by molar-refractivity contribution is 0.994. The SMILES string of the molecule is CNc1nc(NCCc2ccccc2C)c(Cl)cc1Cl. The summed E-state index contributed by atoms with van der Waals surface area (Å²) in [6.07, 6.45) is 0.919. The number of aryl methyl sites for hydroxylation is 1. The summed E-state index contributed by atoms with van der Waals surface area (Å²) in [6.45, 7) is 2.88. The van der Waals surface area contributed by atoms with E-state index in [9.17, 15) is 0 Å². The maximum Gasteiger partial charge on any atom is 0.147 e. The van der Waals surface area contributed by atoms with Gasteiger partial charge in [-0.25, -0.2) is 4.98 Å². The van der Waals surface area contributed by atoms with Crippen molar-refractivity contribution >= 4 is 34.8 Å². The summed E-state index contributed by atoms with van der Waals surface area (Å²) in [6, 6.07) is 10.0. The molecule has 5 heteroatoms. The Morgan fingerprint density at radius 3 is 2.50 bits per heavy atom. The number of hydrogen-bond acceptors (Lipinski definition) is 3. The highest BCUT2D eigenvalue weighted by molar-refractivity contribution is 6.37. The maximum atomic E-state index is 6.13. The molecule has 0 radical (unpaired) electrons. The molecule has 1 aromatic carbocycles. The number of pyridine rings is 1. The van der Waals surface area contributed by atoms with Gasteiger partial charge in [0.05, 0.1) is 10.0 Å². The number of nitrogens with zero attached hydrogens (tertiary/aromatic N) is 1. The Balaban J connectivity index is 2.03. The van der Waals surface area contributed by atoms with Gasteiger partial charge in [-0.15, -0.1) is 0 Å². The summed E-state index contributed by atoms with van der Waals surface area (Å²) in [5.41, 5.74) is 2.61. The monoisotopic (exact) mass is 309 g/mol. The summed E-state index contributed by atoms with van der Waals surface area (Å²) in [7, 11) is 1.78. The molecule has 2 N–H and O–H groups in total. The highest BCUT2D eigenvalue weighted by Crippen LogP contribution is 2.28. The number of aromatic nitrogens is 1. The lowest BCUT2D eigenvalue weighted by Crippen LogP contribution is -2.08. The van der Waals surface area contributed by atoms with Gasteiger partial charge in [0.25, 0.3) is 0 Å². The molecular weight excluding hydrogens is 293 g/mol. The highest BCUT2D eigenvalue weighted by atomic mass is 35.5. The van der Waals surface area contributed by atoms with Crippen molar-refractivity contribution in [3.8, 4) is 0 Å². The van der Waals surface area contributed by atoms with Crippen LogP contribution in [0.3, 0.4) is 0 Å². The Hall–Kier alpha value is -1.45. The molecule has 106 valence electrons. The van der Waals surface area contributed by atoms with Crippen LogP contribution in [0.15, 0.2) is 30.3 Å². The second-order valence-electron chi connectivity index (χ2n) is 4.50. The molecule has 0 atom stereocenters. The van der Waals surface area contributed by atoms with E-state index in [1.165, 1.54) is 11.1 Å². The Morgan fingerprint density at radius 1 is 1.10 bits per heavy atom. The number of rotatable bonds is 5. The summed E-state index contributed by atoms with van der Waals surface area (Å²) in [4.78, 5) is 4.36. The Bertz CT molecular complexity index is 600. The minimum Gasteiger partial charge on any atom is -0.372 e. The molecule has 1 aromatic heterocycles. The van der Waals surface area contributed by atoms with Gasteiger partial charge in [0.2, 0.25) is 0 Å². The van der Waals surface area contributed by atoms with Crippen LogP contribution in [-0.4, -0.2) is 18.6 Å². The van der Waals surface area contributed by atoms with E-state index in [0.29, 0.717) is 21.7 Å². The molecule has 0 fully saturated rings. The zero-order chi connectivity index (χ0) is 14.5. The smallest absolute Gasteiger partial charge is 0.147 e. The minimum atomic E-state index is 0.516. The molecule has 0 amide bonds. The number of halogens is 2. The molecule has 1 heterocycles. The second kappa shape index (κ2) is 6.82. The fraction of sp³-hybridized carbons (Fsp3) is 0.267. The van der Waals surface area contributed by atoms with Crippen molar-refractivity contribution in [1.82, 2.24) is 4.98 Å². The van der Waals surface area contributed by atoms with Gasteiger partial charge in [-0.05, 0) is 30.5 Å². The van der Waals surface area contributed by atoms with Crippen molar-refractivity contribution in [1.29, 1.82) is 0 Å². The van der Waals surface area contributed by atoms with Crippen LogP contribution in [0.4, 0.5) is 11.6 Å². The Kier molecular flexibility index (Phi) is 5.10. The van der Waals surface area contributed by atoms with Crippen LogP contribution in [0.5, 0.6) is 0 Å². The van der Waals surface area contributed by atoms with Crippen molar-refractivity contribution in [2.24, 2.45) is 0 Å². The van der Waals surface area contributed by atoms with Gasteiger partial charge in [-0.1, -0.05) is 47.5 Å². The predicted octanol–water partition coefficient (Wildman–Crippen LogP) is 4.39. The standard InChI is InChI=1S/C15H17Cl2N3/c1-10-5-3-4-6-11(10)7-8-19-15-13(17)9-12(16)14(18-2)20-15/h3-6,9H,7-8H2,1-2H3,(H2,18,19,20). The van der Waals surface area contributed by atoms with E-state index in [2.05, 4.69) is 40.7 Å². The van der Waals surface area contributed by atoms with Gasteiger partial charge in [0.1, 0.15) is 11.6 Å². The fourth-order valence-electron chi connectivity index (χ4n) is 1.97. The quantitative estimate of drug-likeness (QED) is 0.860. The molecular formula is C15H17Cl2N3. The van der Waals surface area contributed by atoms with E-state index in [1.54, 1.807) is 13.1 Å². The van der Waals surface area contributed by atoms with Crippen LogP contribution < -0.4 is 10.6 Å². The predicted molar refractivity (Wildman–Crippen MR) is 87.2 cm³/mol. The van der Waals surface area contributed by atoms with Crippen LogP contribution >= 0.6 is 23.2 Å². The molecule has 0 aliphatic heterocycles. The lowest BCUT2D eigenvalue weighted by Gasteiger charge is -2.11. The van der Waals surface area contributed by atoms with Gasteiger partial charge in [-0.2, -0.15) is 0 Å². The minimum absolute atomic E-state index is 0.516. The van der Waals surface area contributed by atoms with E-state index in [1.807, 2.05) is 6.07 Å². The first-order valence-electron chi connectivity index (χ1n) is 6.44. The summed E-state index contributed by atoms with van der Waals surface area (Å²) < 4.78 is 0. The van der Waals surface area contributed by atoms with Crippen molar-refractivity contribution in [3.05, 3.63) is 51.5 Å². The third-order valence-electron chi connectivity index (χ3n) is 3.11. The molecule has 3 nitrogen and oxygen atoms in total. The van der Waals surface area contributed by atoms with Crippen molar-refractivity contribution in [2.45, 2.75) is 13.3 Å². The largest absolute Gasteiger partial charge is 0.372 e. The number of benzene rings is 1. The fourth-order valence-corrected chi connectivity index (χ4v) is 2.49. The number of anilines is 2. The molecule has 0 unspecified atom stereocenters. The van der Waals surface area contributed by atoms with Gasteiger partial charge < -0.3 is 10.6 Å². The van der Waals surface area contributed by atoms with Crippen molar-refractivity contribution < 1.29 is 0 Å². The number of nitrogens with one attached hydrogen (secondary N) is 2. The molecule has 2 rings (SSSR count). The van der Waals surface area contributed by atoms with E-state index in [4.69, 9.17) is 23.2 Å². The van der Waals surface area contributed by atoms with E-state index in [0.717, 1.165) is 13.0 Å². The zero-order valence-electron chi connectivity index (χ0n) is 11.5. The van der Waals surface area contributed by atoms with E-state index >= 15 is 0 Å². The molecule has 0 saturated carbocycles. The summed E-state index contributed by atoms with van der Waals surface area (Å²) in [5.74, 6) is 1.27. The molecule has 0 aliphatic carbocycles. The zero-order valence-corrected chi connectivity index (χ0v) is 13.0. The molecule has 0 aliphatic rings. The van der Waals surface area contributed by atoms with Crippen LogP contribution in [0.1, 0.15) is 11.1 Å². The molecule has 2 aromatic rings. The molecule has 0 spiro atoms. The highest BCUT2D eigenvalue weighted by Gasteiger charge is 2.08. The van der Waals surface area contributed by atoms with Gasteiger partial charge >= 0.3 is 0 Å². The van der Waals surface area contributed by atoms with Crippen LogP contribution in [-0.2, 0) is 6.42 Å². The van der Waals surface area contributed by atoms with Crippen LogP contribution in [0, 0.1) is 6.92 Å². The Morgan fingerprint density at radius 2 is 1.80 bits per heavy atom. The van der Waals surface area contributed by atoms with Crippen LogP contribution in [0.25, 0.3) is 0 Å². The van der Waals surface area contributed by atoms with E-state index in [-0.39, 0.29) is 0 Å². The average Bonchev–Trinajstić information content (AvgIpc) is 2.43. The summed E-state index contributed by atoms with van der Waals surface area (Å²) >= 11 is 12.1. The lowest BCUT2D eigenvalue weighted by atomic mass is 10.1. The number of hydrogen-bond donors (Lipinski definition) is 2. The second-order valence-corrected chi connectivity index (χ2v) is 5.32. The van der Waals surface area contributed by atoms with Crippen LogP contribution in [0.2, 0.25) is 10.0 Å². The first-order chi connectivity index (χ1) is 9.61. The van der Waals surface area contributed by atoms with Crippen molar-refractivity contribution in [2.75, 3.05) is 24.2 Å². The van der Waals surface area contributed by atoms with E-state index < -0.39 is 0 Å². The third kappa shape index (κ3) is 3.56. The first-order valence-corrected chi connectivity index (χ1v) is 7.19. The van der Waals surface area contributed by atoms with Gasteiger partial charge in [0.15, 0.2) is 0 Å². The topological polar surface area (TPSA) is 37.0 Å². The molecule has 0 saturated heterocycles. The molecule has 0 bridgehead atoms. The average molecular weight is 310 g/mol. The summed E-state index contributed by atoms with van der Waals surface area (Å²) in [5, 5.41) is 7.23. The molecule has 20 heavy (non-hydrogen) atoms. The maximum absolute atomic E-state index is 6.13. The Labute approximate surface area is 129 Å². The first kappa shape index (κ1) is 14.9. The third-order valence-corrected chi connectivity index (χ3v) is 3.69. The van der Waals surface area contributed by atoms with Crippen molar-refractivity contribution in [3.63, 3.8) is 0 Å². The van der Waals surface area contributed by atoms with Gasteiger partial charge in [-0.3, -0.25) is 0 Å². The van der Waals surface area contributed by atoms with Gasteiger partial charge in [0, 0.05) is 13.6 Å².